The molecule has 1 aliphatic rings. The van der Waals surface area contributed by atoms with Crippen LogP contribution in [0.1, 0.15) is 0 Å². The second kappa shape index (κ2) is 6.43. The highest BCUT2D eigenvalue weighted by Crippen LogP contribution is 2.28. The molecule has 5 nitrogen and oxygen atoms in total. The molecule has 1 aromatic rings. The van der Waals surface area contributed by atoms with Gasteiger partial charge >= 0.3 is 0 Å². The number of amides is 1. The number of carbonyl (C=O) groups is 1. The monoisotopic (exact) mass is 264 g/mol. The number of anilines is 1. The average molecular weight is 264 g/mol. The highest BCUT2D eigenvalue weighted by Gasteiger charge is 2.22. The highest BCUT2D eigenvalue weighted by atomic mass is 16.5. The minimum Gasteiger partial charge on any atom is -0.495 e. The summed E-state index contributed by atoms with van der Waals surface area (Å²) in [5, 5.41) is 0. The smallest absolute Gasteiger partial charge is 0.248 e. The van der Waals surface area contributed by atoms with Crippen LogP contribution in [-0.4, -0.2) is 57.8 Å². The van der Waals surface area contributed by atoms with Crippen LogP contribution in [0.25, 0.3) is 0 Å². The number of hydrogen-bond acceptors (Lipinski definition) is 4. The molecule has 0 atom stereocenters. The first-order valence-corrected chi connectivity index (χ1v) is 6.41. The van der Waals surface area contributed by atoms with Crippen molar-refractivity contribution in [3.63, 3.8) is 0 Å². The van der Waals surface area contributed by atoms with Crippen molar-refractivity contribution < 1.29 is 14.3 Å². The van der Waals surface area contributed by atoms with E-state index >= 15 is 0 Å². The topological polar surface area (TPSA) is 42.0 Å². The van der Waals surface area contributed by atoms with Crippen molar-refractivity contribution in [2.45, 2.75) is 0 Å². The standard InChI is InChI=1S/C14H20N2O3/c1-18-11-14(17)16-9-7-15(8-10-16)12-5-3-4-6-13(12)19-2/h3-6H,7-11H2,1-2H3. The Morgan fingerprint density at radius 2 is 1.84 bits per heavy atom. The van der Waals surface area contributed by atoms with Gasteiger partial charge in [-0.2, -0.15) is 0 Å². The lowest BCUT2D eigenvalue weighted by Gasteiger charge is -2.36. The van der Waals surface area contributed by atoms with Gasteiger partial charge in [0.25, 0.3) is 0 Å². The highest BCUT2D eigenvalue weighted by molar-refractivity contribution is 5.77. The maximum atomic E-state index is 11.7. The molecule has 1 amide bonds. The second-order valence-corrected chi connectivity index (χ2v) is 4.47. The van der Waals surface area contributed by atoms with Gasteiger partial charge in [-0.15, -0.1) is 0 Å². The van der Waals surface area contributed by atoms with Crippen molar-refractivity contribution in [1.29, 1.82) is 0 Å². The molecule has 2 rings (SSSR count). The molecule has 0 unspecified atom stereocenters. The van der Waals surface area contributed by atoms with E-state index in [0.29, 0.717) is 0 Å². The number of hydrogen-bond donors (Lipinski definition) is 0. The summed E-state index contributed by atoms with van der Waals surface area (Å²) in [5.74, 6) is 0.932. The molecule has 0 radical (unpaired) electrons. The molecule has 0 spiro atoms. The SMILES string of the molecule is COCC(=O)N1CCN(c2ccccc2OC)CC1. The summed E-state index contributed by atoms with van der Waals surface area (Å²) >= 11 is 0. The van der Waals surface area contributed by atoms with Crippen LogP contribution in [0.4, 0.5) is 5.69 Å². The summed E-state index contributed by atoms with van der Waals surface area (Å²) < 4.78 is 10.2. The van der Waals surface area contributed by atoms with Crippen molar-refractivity contribution in [1.82, 2.24) is 4.90 Å². The summed E-state index contributed by atoms with van der Waals surface area (Å²) in [6, 6.07) is 7.96. The Bertz CT molecular complexity index is 428. The number of rotatable bonds is 4. The third-order valence-electron chi connectivity index (χ3n) is 3.33. The number of para-hydroxylation sites is 2. The lowest BCUT2D eigenvalue weighted by Crippen LogP contribution is -2.49. The summed E-state index contributed by atoms with van der Waals surface area (Å²) in [5.41, 5.74) is 1.09. The van der Waals surface area contributed by atoms with Crippen LogP contribution < -0.4 is 9.64 Å². The Morgan fingerprint density at radius 1 is 1.16 bits per heavy atom. The van der Waals surface area contributed by atoms with Gasteiger partial charge in [0.1, 0.15) is 12.4 Å². The van der Waals surface area contributed by atoms with Crippen LogP contribution in [0.3, 0.4) is 0 Å². The lowest BCUT2D eigenvalue weighted by atomic mass is 10.2. The van der Waals surface area contributed by atoms with E-state index < -0.39 is 0 Å². The average Bonchev–Trinajstić information content (AvgIpc) is 2.47. The van der Waals surface area contributed by atoms with Gasteiger partial charge in [-0.05, 0) is 12.1 Å². The molecule has 1 fully saturated rings. The van der Waals surface area contributed by atoms with Gasteiger partial charge in [-0.1, -0.05) is 12.1 Å². The van der Waals surface area contributed by atoms with Gasteiger partial charge in [-0.3, -0.25) is 4.79 Å². The Labute approximate surface area is 113 Å². The molecule has 0 aromatic heterocycles. The second-order valence-electron chi connectivity index (χ2n) is 4.47. The fourth-order valence-electron chi connectivity index (χ4n) is 2.30. The van der Waals surface area contributed by atoms with Gasteiger partial charge in [0.2, 0.25) is 5.91 Å². The van der Waals surface area contributed by atoms with Crippen LogP contribution in [0.2, 0.25) is 0 Å². The van der Waals surface area contributed by atoms with Crippen LogP contribution in [0, 0.1) is 0 Å². The van der Waals surface area contributed by atoms with Gasteiger partial charge in [0, 0.05) is 33.3 Å². The first kappa shape index (κ1) is 13.7. The molecule has 1 aliphatic heterocycles. The predicted octanol–water partition coefficient (Wildman–Crippen LogP) is 0.990. The molecule has 1 heterocycles. The molecular formula is C14H20N2O3. The number of piperazine rings is 1. The summed E-state index contributed by atoms with van der Waals surface area (Å²) in [6.45, 7) is 3.24. The molecule has 0 bridgehead atoms. The Morgan fingerprint density at radius 3 is 2.47 bits per heavy atom. The van der Waals surface area contributed by atoms with Crippen LogP contribution in [0.5, 0.6) is 5.75 Å². The van der Waals surface area contributed by atoms with Crippen molar-refractivity contribution >= 4 is 11.6 Å². The number of nitrogens with zero attached hydrogens (tertiary/aromatic N) is 2. The van der Waals surface area contributed by atoms with E-state index in [1.807, 2.05) is 29.2 Å². The van der Waals surface area contributed by atoms with Crippen LogP contribution in [0.15, 0.2) is 24.3 Å². The summed E-state index contributed by atoms with van der Waals surface area (Å²) in [7, 11) is 3.22. The lowest BCUT2D eigenvalue weighted by molar-refractivity contribution is -0.135. The molecule has 19 heavy (non-hydrogen) atoms. The zero-order valence-electron chi connectivity index (χ0n) is 11.5. The van der Waals surface area contributed by atoms with Gasteiger partial charge < -0.3 is 19.3 Å². The fraction of sp³-hybridized carbons (Fsp3) is 0.500. The van der Waals surface area contributed by atoms with E-state index in [2.05, 4.69) is 4.90 Å². The Kier molecular flexibility index (Phi) is 4.63. The van der Waals surface area contributed by atoms with Crippen LogP contribution in [-0.2, 0) is 9.53 Å². The third kappa shape index (κ3) is 3.17. The molecule has 104 valence electrons. The predicted molar refractivity (Wildman–Crippen MR) is 73.7 cm³/mol. The third-order valence-corrected chi connectivity index (χ3v) is 3.33. The maximum Gasteiger partial charge on any atom is 0.248 e. The molecular weight excluding hydrogens is 244 g/mol. The first-order valence-electron chi connectivity index (χ1n) is 6.41. The van der Waals surface area contributed by atoms with E-state index in [4.69, 9.17) is 9.47 Å². The summed E-state index contributed by atoms with van der Waals surface area (Å²) in [4.78, 5) is 15.8. The van der Waals surface area contributed by atoms with Crippen molar-refractivity contribution in [3.05, 3.63) is 24.3 Å². The largest absolute Gasteiger partial charge is 0.495 e. The molecule has 5 heteroatoms. The van der Waals surface area contributed by atoms with E-state index in [0.717, 1.165) is 37.6 Å². The number of benzene rings is 1. The van der Waals surface area contributed by atoms with E-state index in [1.165, 1.54) is 0 Å². The molecule has 1 saturated heterocycles. The fourth-order valence-corrected chi connectivity index (χ4v) is 2.30. The van der Waals surface area contributed by atoms with E-state index in [-0.39, 0.29) is 12.5 Å². The summed E-state index contributed by atoms with van der Waals surface area (Å²) in [6.07, 6.45) is 0. The quantitative estimate of drug-likeness (QED) is 0.813. The van der Waals surface area contributed by atoms with Crippen molar-refractivity contribution in [3.8, 4) is 5.75 Å². The minimum atomic E-state index is 0.0576. The molecule has 0 saturated carbocycles. The van der Waals surface area contributed by atoms with Crippen LogP contribution >= 0.6 is 0 Å². The Hall–Kier alpha value is -1.75. The minimum absolute atomic E-state index is 0.0576. The Balaban J connectivity index is 1.98. The van der Waals surface area contributed by atoms with Gasteiger partial charge in [-0.25, -0.2) is 0 Å². The number of methoxy groups -OCH3 is 2. The molecule has 0 aliphatic carbocycles. The zero-order chi connectivity index (χ0) is 13.7. The zero-order valence-corrected chi connectivity index (χ0v) is 11.5. The van der Waals surface area contributed by atoms with Crippen molar-refractivity contribution in [2.24, 2.45) is 0 Å². The number of ether oxygens (including phenoxy) is 2. The normalized spacial score (nSPS) is 15.5. The van der Waals surface area contributed by atoms with E-state index in [1.54, 1.807) is 14.2 Å². The molecule has 0 N–H and O–H groups in total. The molecule has 1 aromatic carbocycles. The van der Waals surface area contributed by atoms with Gasteiger partial charge in [0.05, 0.1) is 12.8 Å². The van der Waals surface area contributed by atoms with Crippen molar-refractivity contribution in [2.75, 3.05) is 51.9 Å². The number of carbonyl (C=O) groups excluding carboxylic acids is 1. The maximum absolute atomic E-state index is 11.7. The van der Waals surface area contributed by atoms with E-state index in [9.17, 15) is 4.79 Å². The first-order chi connectivity index (χ1) is 9.26. The van der Waals surface area contributed by atoms with Gasteiger partial charge in [0.15, 0.2) is 0 Å².